The van der Waals surface area contributed by atoms with E-state index in [1.807, 2.05) is 6.07 Å². The zero-order valence-corrected chi connectivity index (χ0v) is 9.39. The Morgan fingerprint density at radius 2 is 2.31 bits per heavy atom. The van der Waals surface area contributed by atoms with Crippen LogP contribution in [0.3, 0.4) is 0 Å². The third-order valence-electron chi connectivity index (χ3n) is 3.10. The molecule has 0 aliphatic heterocycles. The molecule has 2 rings (SSSR count). The fourth-order valence-electron chi connectivity index (χ4n) is 2.11. The van der Waals surface area contributed by atoms with Gasteiger partial charge in [-0.05, 0) is 25.2 Å². The fraction of sp³-hybridized carbons (Fsp3) is 0.583. The summed E-state index contributed by atoms with van der Waals surface area (Å²) >= 11 is 0. The van der Waals surface area contributed by atoms with Crippen LogP contribution >= 0.6 is 0 Å². The van der Waals surface area contributed by atoms with E-state index in [1.165, 1.54) is 25.2 Å². The van der Waals surface area contributed by atoms with Gasteiger partial charge in [-0.25, -0.2) is 9.97 Å². The maximum absolute atomic E-state index is 8.59. The van der Waals surface area contributed by atoms with Gasteiger partial charge in [0.15, 0.2) is 5.69 Å². The van der Waals surface area contributed by atoms with Crippen molar-refractivity contribution < 1.29 is 4.74 Å². The van der Waals surface area contributed by atoms with Crippen LogP contribution in [0.1, 0.15) is 38.3 Å². The lowest BCUT2D eigenvalue weighted by Gasteiger charge is -2.12. The highest BCUT2D eigenvalue weighted by Crippen LogP contribution is 2.30. The van der Waals surface area contributed by atoms with Gasteiger partial charge in [0.25, 0.3) is 0 Å². The topological polar surface area (TPSA) is 58.8 Å². The smallest absolute Gasteiger partial charge is 0.232 e. The van der Waals surface area contributed by atoms with Crippen LogP contribution < -0.4 is 4.74 Å². The highest BCUT2D eigenvalue weighted by molar-refractivity contribution is 5.18. The molecule has 1 fully saturated rings. The first kappa shape index (κ1) is 10.9. The van der Waals surface area contributed by atoms with Gasteiger partial charge in [0.05, 0.1) is 12.4 Å². The molecule has 0 N–H and O–H groups in total. The molecule has 84 valence electrons. The van der Waals surface area contributed by atoms with Crippen molar-refractivity contribution in [2.24, 2.45) is 5.92 Å². The Hall–Kier alpha value is -1.63. The molecule has 0 spiro atoms. The average molecular weight is 217 g/mol. The summed E-state index contributed by atoms with van der Waals surface area (Å²) in [5.41, 5.74) is 0.324. The molecule has 1 heterocycles. The predicted molar refractivity (Wildman–Crippen MR) is 58.8 cm³/mol. The first-order chi connectivity index (χ1) is 7.81. The third kappa shape index (κ3) is 2.48. The minimum absolute atomic E-state index is 0.271. The van der Waals surface area contributed by atoms with Crippen molar-refractivity contribution in [3.63, 3.8) is 0 Å². The Morgan fingerprint density at radius 1 is 1.44 bits per heavy atom. The molecule has 16 heavy (non-hydrogen) atoms. The number of rotatable bonds is 3. The van der Waals surface area contributed by atoms with Gasteiger partial charge in [-0.15, -0.1) is 0 Å². The van der Waals surface area contributed by atoms with E-state index in [2.05, 4.69) is 16.9 Å². The van der Waals surface area contributed by atoms with Gasteiger partial charge in [-0.2, -0.15) is 5.26 Å². The van der Waals surface area contributed by atoms with E-state index >= 15 is 0 Å². The molecule has 1 aliphatic carbocycles. The number of hydrogen-bond donors (Lipinski definition) is 0. The van der Waals surface area contributed by atoms with E-state index in [-0.39, 0.29) is 6.10 Å². The monoisotopic (exact) mass is 217 g/mol. The van der Waals surface area contributed by atoms with Crippen LogP contribution in [0.4, 0.5) is 0 Å². The lowest BCUT2D eigenvalue weighted by molar-refractivity contribution is 0.194. The largest absolute Gasteiger partial charge is 0.473 e. The van der Waals surface area contributed by atoms with Crippen molar-refractivity contribution in [3.05, 3.63) is 18.1 Å². The summed E-state index contributed by atoms with van der Waals surface area (Å²) in [5, 5.41) is 8.59. The number of hydrogen-bond acceptors (Lipinski definition) is 4. The maximum atomic E-state index is 8.59. The van der Waals surface area contributed by atoms with E-state index < -0.39 is 0 Å². The Morgan fingerprint density at radius 3 is 2.88 bits per heavy atom. The summed E-state index contributed by atoms with van der Waals surface area (Å²) in [6.07, 6.45) is 7.91. The van der Waals surface area contributed by atoms with Crippen molar-refractivity contribution in [3.8, 4) is 11.9 Å². The highest BCUT2D eigenvalue weighted by atomic mass is 16.5. The van der Waals surface area contributed by atoms with E-state index in [0.717, 1.165) is 18.8 Å². The zero-order chi connectivity index (χ0) is 11.4. The zero-order valence-electron chi connectivity index (χ0n) is 9.39. The number of aromatic nitrogens is 2. The number of ether oxygens (including phenoxy) is 1. The Kier molecular flexibility index (Phi) is 3.35. The standard InChI is InChI=1S/C12H15N3O/c1-2-9-3-4-11(5-9)16-12-8-14-10(6-13)7-15-12/h7-9,11H,2-5H2,1H3/t9-,11?/m0/s1. The second kappa shape index (κ2) is 4.93. The molecule has 4 heteroatoms. The van der Waals surface area contributed by atoms with Crippen molar-refractivity contribution in [2.45, 2.75) is 38.7 Å². The summed E-state index contributed by atoms with van der Waals surface area (Å²) in [4.78, 5) is 7.99. The Labute approximate surface area is 95.3 Å². The van der Waals surface area contributed by atoms with Crippen LogP contribution in [0.25, 0.3) is 0 Å². The van der Waals surface area contributed by atoms with Crippen LogP contribution in [0.5, 0.6) is 5.88 Å². The predicted octanol–water partition coefficient (Wildman–Crippen LogP) is 2.31. The second-order valence-electron chi connectivity index (χ2n) is 4.18. The van der Waals surface area contributed by atoms with E-state index in [9.17, 15) is 0 Å². The molecule has 1 aromatic rings. The van der Waals surface area contributed by atoms with Crippen LogP contribution in [0.2, 0.25) is 0 Å². The van der Waals surface area contributed by atoms with Crippen LogP contribution in [-0.4, -0.2) is 16.1 Å². The normalized spacial score (nSPS) is 24.0. The van der Waals surface area contributed by atoms with Crippen molar-refractivity contribution in [1.29, 1.82) is 5.26 Å². The summed E-state index contributed by atoms with van der Waals surface area (Å²) in [6.45, 7) is 2.22. The summed E-state index contributed by atoms with van der Waals surface area (Å²) < 4.78 is 5.72. The fourth-order valence-corrected chi connectivity index (χ4v) is 2.11. The molecule has 1 unspecified atom stereocenters. The molecule has 0 bridgehead atoms. The van der Waals surface area contributed by atoms with Gasteiger partial charge in [-0.3, -0.25) is 0 Å². The highest BCUT2D eigenvalue weighted by Gasteiger charge is 2.24. The van der Waals surface area contributed by atoms with Crippen molar-refractivity contribution in [2.75, 3.05) is 0 Å². The Balaban J connectivity index is 1.92. The first-order valence-corrected chi connectivity index (χ1v) is 5.70. The molecular formula is C12H15N3O. The van der Waals surface area contributed by atoms with E-state index in [1.54, 1.807) is 0 Å². The van der Waals surface area contributed by atoms with Gasteiger partial charge in [0.1, 0.15) is 12.2 Å². The molecule has 0 radical (unpaired) electrons. The lowest BCUT2D eigenvalue weighted by atomic mass is 10.1. The summed E-state index contributed by atoms with van der Waals surface area (Å²) in [7, 11) is 0. The van der Waals surface area contributed by atoms with E-state index in [4.69, 9.17) is 10.00 Å². The van der Waals surface area contributed by atoms with Gasteiger partial charge >= 0.3 is 0 Å². The van der Waals surface area contributed by atoms with E-state index in [0.29, 0.717) is 11.6 Å². The molecule has 0 saturated heterocycles. The van der Waals surface area contributed by atoms with Crippen LogP contribution in [0.15, 0.2) is 12.4 Å². The molecule has 1 aromatic heterocycles. The van der Waals surface area contributed by atoms with Gasteiger partial charge in [0, 0.05) is 0 Å². The molecule has 0 aromatic carbocycles. The second-order valence-corrected chi connectivity index (χ2v) is 4.18. The number of nitriles is 1. The molecule has 0 amide bonds. The molecule has 4 nitrogen and oxygen atoms in total. The number of nitrogens with zero attached hydrogens (tertiary/aromatic N) is 3. The summed E-state index contributed by atoms with van der Waals surface area (Å²) in [5.74, 6) is 1.32. The summed E-state index contributed by atoms with van der Waals surface area (Å²) in [6, 6.07) is 1.93. The quantitative estimate of drug-likeness (QED) is 0.779. The SMILES string of the molecule is CC[C@H]1CCC(Oc2cnc(C#N)cn2)C1. The molecular weight excluding hydrogens is 202 g/mol. The lowest BCUT2D eigenvalue weighted by Crippen LogP contribution is -2.13. The third-order valence-corrected chi connectivity index (χ3v) is 3.10. The average Bonchev–Trinajstić information content (AvgIpc) is 2.78. The first-order valence-electron chi connectivity index (χ1n) is 5.70. The van der Waals surface area contributed by atoms with Gasteiger partial charge < -0.3 is 4.74 Å². The minimum atomic E-state index is 0.271. The Bertz CT molecular complexity index is 382. The molecule has 1 saturated carbocycles. The maximum Gasteiger partial charge on any atom is 0.232 e. The van der Waals surface area contributed by atoms with Crippen molar-refractivity contribution >= 4 is 0 Å². The van der Waals surface area contributed by atoms with Crippen LogP contribution in [0, 0.1) is 17.2 Å². The molecule has 2 atom stereocenters. The molecule has 1 aliphatic rings. The van der Waals surface area contributed by atoms with Gasteiger partial charge in [0.2, 0.25) is 5.88 Å². The van der Waals surface area contributed by atoms with Crippen LogP contribution in [-0.2, 0) is 0 Å². The van der Waals surface area contributed by atoms with Crippen molar-refractivity contribution in [1.82, 2.24) is 9.97 Å². The van der Waals surface area contributed by atoms with Gasteiger partial charge in [-0.1, -0.05) is 13.3 Å². The minimum Gasteiger partial charge on any atom is -0.473 e.